The average Bonchev–Trinajstić information content (AvgIpc) is 2.94. The van der Waals surface area contributed by atoms with Gasteiger partial charge in [-0.3, -0.25) is 4.79 Å². The highest BCUT2D eigenvalue weighted by Gasteiger charge is 2.57. The Kier molecular flexibility index (Phi) is 11.0. The van der Waals surface area contributed by atoms with Gasteiger partial charge in [-0.15, -0.1) is 0 Å². The Morgan fingerprint density at radius 2 is 1.30 bits per heavy atom. The van der Waals surface area contributed by atoms with Gasteiger partial charge in [0.25, 0.3) is 0 Å². The summed E-state index contributed by atoms with van der Waals surface area (Å²) in [4.78, 5) is 66.8. The molecule has 0 radical (unpaired) electrons. The standard InChI is InChI=1S/C38H54N2O10/c1-20(2)37(30(42)43,39-32(46)49-34(5,6)7)26-16-22(14-15-23-18-27(41)25-19-24(23)36(25,11)12)17-28(48-13)29(26)38(21(3)4,31(44)45)40-33(47)50-35(8,9)10/h14-18,20-21,24-25H,19H2,1-13H3,(H,39,46)(H,40,47)(H,42,43)(H,44,45)/b15-14+/t24-,25+,37-,38-/m0/s1. The molecule has 0 aromatic heterocycles. The van der Waals surface area contributed by atoms with Crippen LogP contribution in [0.4, 0.5) is 9.59 Å². The van der Waals surface area contributed by atoms with Crippen LogP contribution in [0.2, 0.25) is 0 Å². The second kappa shape index (κ2) is 13.8. The van der Waals surface area contributed by atoms with E-state index in [4.69, 9.17) is 14.2 Å². The zero-order chi connectivity index (χ0) is 38.4. The molecule has 0 unspecified atom stereocenters. The fraction of sp³-hybridized carbons (Fsp3) is 0.605. The van der Waals surface area contributed by atoms with Crippen LogP contribution in [0.15, 0.2) is 29.9 Å². The summed E-state index contributed by atoms with van der Waals surface area (Å²) in [6, 6.07) is 3.00. The van der Waals surface area contributed by atoms with Gasteiger partial charge in [0.1, 0.15) is 17.0 Å². The van der Waals surface area contributed by atoms with Crippen LogP contribution >= 0.6 is 0 Å². The Labute approximate surface area is 295 Å². The van der Waals surface area contributed by atoms with Crippen molar-refractivity contribution in [2.75, 3.05) is 7.11 Å². The van der Waals surface area contributed by atoms with Gasteiger partial charge in [-0.25, -0.2) is 19.2 Å². The Hall–Kier alpha value is -4.35. The zero-order valence-electron chi connectivity index (χ0n) is 31.6. The number of benzene rings is 1. The van der Waals surface area contributed by atoms with Gasteiger partial charge in [0.2, 0.25) is 0 Å². The number of ketones is 1. The van der Waals surface area contributed by atoms with Crippen molar-refractivity contribution in [2.24, 2.45) is 29.1 Å². The third kappa shape index (κ3) is 7.54. The van der Waals surface area contributed by atoms with Gasteiger partial charge in [0.15, 0.2) is 16.9 Å². The molecule has 1 aromatic rings. The number of hydrogen-bond donors (Lipinski definition) is 4. The van der Waals surface area contributed by atoms with Crippen LogP contribution in [0.1, 0.15) is 106 Å². The molecule has 50 heavy (non-hydrogen) atoms. The number of carbonyl (C=O) groups is 5. The first-order chi connectivity index (χ1) is 22.7. The summed E-state index contributed by atoms with van der Waals surface area (Å²) in [5, 5.41) is 27.2. The normalized spacial score (nSPS) is 21.0. The number of allylic oxidation sites excluding steroid dienone is 3. The molecule has 1 fully saturated rings. The lowest BCUT2D eigenvalue weighted by atomic mass is 9.48. The topological polar surface area (TPSA) is 178 Å². The van der Waals surface area contributed by atoms with Crippen molar-refractivity contribution in [2.45, 2.75) is 112 Å². The van der Waals surface area contributed by atoms with Crippen LogP contribution in [0.5, 0.6) is 5.75 Å². The monoisotopic (exact) mass is 698 g/mol. The summed E-state index contributed by atoms with van der Waals surface area (Å²) >= 11 is 0. The maximum Gasteiger partial charge on any atom is 0.408 e. The first kappa shape index (κ1) is 40.1. The number of carboxylic acids is 2. The molecule has 3 aliphatic rings. The van der Waals surface area contributed by atoms with Gasteiger partial charge in [-0.1, -0.05) is 53.7 Å². The smallest absolute Gasteiger partial charge is 0.408 e. The van der Waals surface area contributed by atoms with E-state index in [2.05, 4.69) is 24.5 Å². The minimum Gasteiger partial charge on any atom is -0.496 e. The van der Waals surface area contributed by atoms with Crippen LogP contribution in [-0.4, -0.2) is 58.4 Å². The summed E-state index contributed by atoms with van der Waals surface area (Å²) in [5.74, 6) is -4.77. The maximum atomic E-state index is 13.6. The highest BCUT2D eigenvalue weighted by molar-refractivity contribution is 5.97. The lowest BCUT2D eigenvalue weighted by Gasteiger charge is -2.54. The van der Waals surface area contributed by atoms with Crippen molar-refractivity contribution in [1.82, 2.24) is 10.6 Å². The number of carboxylic acid groups (broad SMARTS) is 2. The van der Waals surface area contributed by atoms with E-state index >= 15 is 0 Å². The SMILES string of the molecule is COc1cc(/C=C/C2=CC(=O)[C@H]3C[C@@H]2C3(C)C)cc([C@](NC(=O)OC(C)(C)C)(C(=O)O)C(C)C)c1[C@](NC(=O)OC(C)(C)C)(C(=O)O)C(C)C. The summed E-state index contributed by atoms with van der Waals surface area (Å²) < 4.78 is 16.8. The number of nitrogens with one attached hydrogen (secondary N) is 2. The number of alkyl carbamates (subject to hydrolysis) is 2. The first-order valence-electron chi connectivity index (χ1n) is 16.9. The average molecular weight is 699 g/mol. The molecule has 0 heterocycles. The molecule has 2 amide bonds. The van der Waals surface area contributed by atoms with Crippen molar-refractivity contribution in [3.63, 3.8) is 0 Å². The second-order valence-corrected chi connectivity index (χ2v) is 16.5. The lowest BCUT2D eigenvalue weighted by Crippen LogP contribution is -2.61. The van der Waals surface area contributed by atoms with Gasteiger partial charge < -0.3 is 35.1 Å². The zero-order valence-corrected chi connectivity index (χ0v) is 31.6. The minimum absolute atomic E-state index is 0.0329. The molecule has 0 aliphatic heterocycles. The second-order valence-electron chi connectivity index (χ2n) is 16.5. The molecule has 4 N–H and O–H groups in total. The summed E-state index contributed by atoms with van der Waals surface area (Å²) in [5.41, 5.74) is -6.01. The van der Waals surface area contributed by atoms with E-state index in [0.717, 1.165) is 12.0 Å². The third-order valence-corrected chi connectivity index (χ3v) is 9.76. The van der Waals surface area contributed by atoms with Crippen LogP contribution in [0.25, 0.3) is 6.08 Å². The van der Waals surface area contributed by atoms with Gasteiger partial charge in [-0.05, 0) is 106 Å². The van der Waals surface area contributed by atoms with Crippen molar-refractivity contribution >= 4 is 36.0 Å². The third-order valence-electron chi connectivity index (χ3n) is 9.76. The Morgan fingerprint density at radius 3 is 1.68 bits per heavy atom. The van der Waals surface area contributed by atoms with Gasteiger partial charge in [0, 0.05) is 11.5 Å². The summed E-state index contributed by atoms with van der Waals surface area (Å²) in [7, 11) is 1.30. The quantitative estimate of drug-likeness (QED) is 0.192. The predicted molar refractivity (Wildman–Crippen MR) is 188 cm³/mol. The first-order valence-corrected chi connectivity index (χ1v) is 16.9. The fourth-order valence-corrected chi connectivity index (χ4v) is 7.08. The molecule has 4 atom stereocenters. The molecule has 1 saturated carbocycles. The van der Waals surface area contributed by atoms with E-state index in [1.165, 1.54) is 19.2 Å². The number of carbonyl (C=O) groups excluding carboxylic acids is 3. The van der Waals surface area contributed by atoms with Gasteiger partial charge in [-0.2, -0.15) is 0 Å². The van der Waals surface area contributed by atoms with Gasteiger partial charge >= 0.3 is 24.1 Å². The Balaban J connectivity index is 2.47. The number of methoxy groups -OCH3 is 1. The molecule has 12 heteroatoms. The minimum atomic E-state index is -2.33. The number of fused-ring (bicyclic) bond motifs is 1. The number of aliphatic carboxylic acids is 2. The van der Waals surface area contributed by atoms with E-state index in [1.807, 2.05) is 0 Å². The van der Waals surface area contributed by atoms with Gasteiger partial charge in [0.05, 0.1) is 7.11 Å². The molecule has 12 nitrogen and oxygen atoms in total. The Morgan fingerprint density at radius 1 is 0.820 bits per heavy atom. The highest BCUT2D eigenvalue weighted by atomic mass is 16.6. The molecule has 3 aliphatic carbocycles. The molecular formula is C38H54N2O10. The van der Waals surface area contributed by atoms with E-state index in [1.54, 1.807) is 87.5 Å². The molecule has 4 rings (SSSR count). The molecule has 276 valence electrons. The predicted octanol–water partition coefficient (Wildman–Crippen LogP) is 6.80. The van der Waals surface area contributed by atoms with E-state index in [-0.39, 0.29) is 39.9 Å². The largest absolute Gasteiger partial charge is 0.496 e. The van der Waals surface area contributed by atoms with E-state index < -0.39 is 58.2 Å². The number of ether oxygens (including phenoxy) is 3. The van der Waals surface area contributed by atoms with E-state index in [9.17, 15) is 34.2 Å². The van der Waals surface area contributed by atoms with E-state index in [0.29, 0.717) is 5.56 Å². The van der Waals surface area contributed by atoms with Crippen molar-refractivity contribution in [1.29, 1.82) is 0 Å². The lowest BCUT2D eigenvalue weighted by molar-refractivity contribution is -0.150. The molecule has 0 spiro atoms. The highest BCUT2D eigenvalue weighted by Crippen LogP contribution is 2.58. The van der Waals surface area contributed by atoms with Crippen LogP contribution < -0.4 is 15.4 Å². The van der Waals surface area contributed by atoms with Crippen molar-refractivity contribution in [3.05, 3.63) is 46.5 Å². The molecule has 1 aromatic carbocycles. The van der Waals surface area contributed by atoms with Crippen molar-refractivity contribution < 1.29 is 48.4 Å². The van der Waals surface area contributed by atoms with Crippen molar-refractivity contribution in [3.8, 4) is 5.75 Å². The van der Waals surface area contributed by atoms with Crippen LogP contribution in [-0.2, 0) is 34.9 Å². The molecule has 0 saturated heterocycles. The maximum absolute atomic E-state index is 13.6. The number of hydrogen-bond acceptors (Lipinski definition) is 8. The number of amides is 2. The van der Waals surface area contributed by atoms with Crippen LogP contribution in [0.3, 0.4) is 0 Å². The van der Waals surface area contributed by atoms with Crippen LogP contribution in [0, 0.1) is 29.1 Å². The number of rotatable bonds is 11. The summed E-state index contributed by atoms with van der Waals surface area (Å²) in [6.07, 6.45) is 3.73. The Bertz CT molecular complexity index is 1610. The molecule has 2 bridgehead atoms. The summed E-state index contributed by atoms with van der Waals surface area (Å²) in [6.45, 7) is 20.1. The molecular weight excluding hydrogens is 644 g/mol. The fourth-order valence-electron chi connectivity index (χ4n) is 7.08.